The van der Waals surface area contributed by atoms with Gasteiger partial charge in [-0.05, 0) is 26.0 Å². The molecule has 1 rings (SSSR count). The van der Waals surface area contributed by atoms with Crippen molar-refractivity contribution >= 4 is 27.6 Å². The summed E-state index contributed by atoms with van der Waals surface area (Å²) >= 11 is 5.63. The molecule has 1 aromatic carbocycles. The number of benzene rings is 1. The molecule has 0 heterocycles. The van der Waals surface area contributed by atoms with Crippen LogP contribution < -0.4 is 4.72 Å². The molecule has 0 saturated heterocycles. The highest BCUT2D eigenvalue weighted by Crippen LogP contribution is 2.23. The van der Waals surface area contributed by atoms with Gasteiger partial charge in [-0.1, -0.05) is 11.6 Å². The Hall–Kier alpha value is -1.22. The zero-order valence-corrected chi connectivity index (χ0v) is 13.0. The number of rotatable bonds is 7. The molecule has 0 aromatic heterocycles. The maximum absolute atomic E-state index is 13.9. The molecule has 0 radical (unpaired) electrons. The lowest BCUT2D eigenvalue weighted by Gasteiger charge is -2.11. The van der Waals surface area contributed by atoms with Gasteiger partial charge in [-0.2, -0.15) is 0 Å². The Morgan fingerprint density at radius 1 is 1.48 bits per heavy atom. The van der Waals surface area contributed by atoms with E-state index in [9.17, 15) is 17.6 Å². The largest absolute Gasteiger partial charge is 0.478 e. The lowest BCUT2D eigenvalue weighted by atomic mass is 10.2. The van der Waals surface area contributed by atoms with Crippen LogP contribution in [0.15, 0.2) is 17.0 Å². The summed E-state index contributed by atoms with van der Waals surface area (Å²) < 4.78 is 45.1. The minimum atomic E-state index is -4.22. The lowest BCUT2D eigenvalue weighted by Crippen LogP contribution is -2.29. The van der Waals surface area contributed by atoms with E-state index in [0.717, 1.165) is 12.1 Å². The van der Waals surface area contributed by atoms with Crippen molar-refractivity contribution in [2.45, 2.75) is 24.8 Å². The van der Waals surface area contributed by atoms with Crippen molar-refractivity contribution in [1.29, 1.82) is 0 Å². The van der Waals surface area contributed by atoms with Crippen molar-refractivity contribution in [2.75, 3.05) is 13.2 Å². The van der Waals surface area contributed by atoms with Crippen LogP contribution in [0.3, 0.4) is 0 Å². The van der Waals surface area contributed by atoms with E-state index < -0.39 is 32.3 Å². The zero-order valence-electron chi connectivity index (χ0n) is 11.4. The highest BCUT2D eigenvalue weighted by atomic mass is 35.5. The van der Waals surface area contributed by atoms with Gasteiger partial charge in [-0.3, -0.25) is 0 Å². The van der Waals surface area contributed by atoms with Gasteiger partial charge in [0.05, 0.1) is 18.3 Å². The number of carboxylic acids is 1. The first kappa shape index (κ1) is 17.8. The number of sulfonamides is 1. The second-order valence-corrected chi connectivity index (χ2v) is 6.56. The Bertz CT molecular complexity index is 633. The maximum atomic E-state index is 13.9. The fourth-order valence-electron chi connectivity index (χ4n) is 1.46. The summed E-state index contributed by atoms with van der Waals surface area (Å²) in [5.41, 5.74) is -0.804. The van der Waals surface area contributed by atoms with Gasteiger partial charge in [-0.25, -0.2) is 22.3 Å². The molecule has 9 heteroatoms. The van der Waals surface area contributed by atoms with E-state index in [1.54, 1.807) is 13.8 Å². The number of ether oxygens (including phenoxy) is 1. The molecule has 1 aromatic rings. The van der Waals surface area contributed by atoms with Crippen LogP contribution >= 0.6 is 11.6 Å². The summed E-state index contributed by atoms with van der Waals surface area (Å²) in [5, 5.41) is 8.63. The van der Waals surface area contributed by atoms with Crippen LogP contribution in [-0.2, 0) is 14.8 Å². The fourth-order valence-corrected chi connectivity index (χ4v) is 2.88. The summed E-state index contributed by atoms with van der Waals surface area (Å²) in [4.78, 5) is 10.0. The van der Waals surface area contributed by atoms with Gasteiger partial charge in [0.15, 0.2) is 5.82 Å². The van der Waals surface area contributed by atoms with E-state index in [-0.39, 0.29) is 24.3 Å². The van der Waals surface area contributed by atoms with Gasteiger partial charge in [0.25, 0.3) is 0 Å². The second-order valence-electron chi connectivity index (χ2n) is 4.39. The number of carbonyl (C=O) groups is 1. The highest BCUT2D eigenvalue weighted by Gasteiger charge is 2.24. The first-order valence-corrected chi connectivity index (χ1v) is 7.85. The van der Waals surface area contributed by atoms with Gasteiger partial charge < -0.3 is 9.84 Å². The smallest absolute Gasteiger partial charge is 0.338 e. The first-order chi connectivity index (χ1) is 9.65. The number of hydrogen-bond donors (Lipinski definition) is 2. The second kappa shape index (κ2) is 7.17. The molecule has 0 bridgehead atoms. The number of carboxylic acid groups (broad SMARTS) is 1. The molecular formula is C12H15ClFNO5S. The molecule has 0 atom stereocenters. The van der Waals surface area contributed by atoms with Gasteiger partial charge >= 0.3 is 5.97 Å². The summed E-state index contributed by atoms with van der Waals surface area (Å²) in [7, 11) is -4.22. The number of nitrogens with one attached hydrogen (secondary N) is 1. The predicted octanol–water partition coefficient (Wildman–Crippen LogP) is 1.88. The maximum Gasteiger partial charge on any atom is 0.338 e. The third-order valence-corrected chi connectivity index (χ3v) is 4.05. The molecular weight excluding hydrogens is 325 g/mol. The Balaban J connectivity index is 3.00. The van der Waals surface area contributed by atoms with Crippen LogP contribution in [0.4, 0.5) is 4.39 Å². The van der Waals surface area contributed by atoms with Crippen molar-refractivity contribution < 1.29 is 27.4 Å². The van der Waals surface area contributed by atoms with E-state index >= 15 is 0 Å². The van der Waals surface area contributed by atoms with Crippen molar-refractivity contribution in [3.05, 3.63) is 28.5 Å². The number of halogens is 2. The molecule has 0 amide bonds. The zero-order chi connectivity index (χ0) is 16.2. The van der Waals surface area contributed by atoms with E-state index in [4.69, 9.17) is 21.4 Å². The average molecular weight is 340 g/mol. The molecule has 6 nitrogen and oxygen atoms in total. The minimum Gasteiger partial charge on any atom is -0.478 e. The average Bonchev–Trinajstić information content (AvgIpc) is 2.36. The Kier molecular flexibility index (Phi) is 6.09. The van der Waals surface area contributed by atoms with E-state index in [0.29, 0.717) is 0 Å². The molecule has 0 fully saturated rings. The quantitative estimate of drug-likeness (QED) is 0.740. The van der Waals surface area contributed by atoms with E-state index in [2.05, 4.69) is 4.72 Å². The van der Waals surface area contributed by atoms with Crippen molar-refractivity contribution in [3.8, 4) is 0 Å². The Morgan fingerprint density at radius 2 is 2.10 bits per heavy atom. The normalized spacial score (nSPS) is 11.9. The van der Waals surface area contributed by atoms with E-state index in [1.165, 1.54) is 0 Å². The van der Waals surface area contributed by atoms with Crippen LogP contribution in [0.1, 0.15) is 24.2 Å². The van der Waals surface area contributed by atoms with Gasteiger partial charge in [0.2, 0.25) is 10.0 Å². The Morgan fingerprint density at radius 3 is 2.62 bits per heavy atom. The van der Waals surface area contributed by atoms with Crippen LogP contribution in [0, 0.1) is 5.82 Å². The monoisotopic (exact) mass is 339 g/mol. The van der Waals surface area contributed by atoms with Gasteiger partial charge in [-0.15, -0.1) is 0 Å². The minimum absolute atomic E-state index is 0.0731. The summed E-state index contributed by atoms with van der Waals surface area (Å²) in [5.74, 6) is -2.96. The number of aromatic carboxylic acids is 1. The van der Waals surface area contributed by atoms with E-state index in [1.807, 2.05) is 0 Å². The van der Waals surface area contributed by atoms with Crippen molar-refractivity contribution in [1.82, 2.24) is 4.72 Å². The van der Waals surface area contributed by atoms with Crippen LogP contribution in [0.25, 0.3) is 0 Å². The molecule has 2 N–H and O–H groups in total. The lowest BCUT2D eigenvalue weighted by molar-refractivity contribution is 0.0691. The predicted molar refractivity (Wildman–Crippen MR) is 74.6 cm³/mol. The highest BCUT2D eigenvalue weighted by molar-refractivity contribution is 7.89. The van der Waals surface area contributed by atoms with Gasteiger partial charge in [0, 0.05) is 11.6 Å². The molecule has 21 heavy (non-hydrogen) atoms. The Labute approximate surface area is 126 Å². The third-order valence-electron chi connectivity index (χ3n) is 2.37. The van der Waals surface area contributed by atoms with Gasteiger partial charge in [0.1, 0.15) is 4.90 Å². The number of hydrogen-bond acceptors (Lipinski definition) is 4. The standard InChI is InChI=1S/C12H15ClFNO5S/c1-7(2)20-4-3-15-21(18,19)10-6-8(13)5-9(11(10)14)12(16)17/h5-7,15H,3-4H2,1-2H3,(H,16,17). The van der Waals surface area contributed by atoms with Crippen molar-refractivity contribution in [2.24, 2.45) is 0 Å². The third kappa shape index (κ3) is 4.92. The van der Waals surface area contributed by atoms with Crippen molar-refractivity contribution in [3.63, 3.8) is 0 Å². The molecule has 0 aliphatic carbocycles. The first-order valence-electron chi connectivity index (χ1n) is 5.98. The van der Waals surface area contributed by atoms with Crippen LogP contribution in [-0.4, -0.2) is 38.7 Å². The van der Waals surface area contributed by atoms with Crippen LogP contribution in [0.2, 0.25) is 5.02 Å². The molecule has 0 aliphatic rings. The SMILES string of the molecule is CC(C)OCCNS(=O)(=O)c1cc(Cl)cc(C(=O)O)c1F. The molecule has 0 spiro atoms. The summed E-state index contributed by atoms with van der Waals surface area (Å²) in [6.45, 7) is 3.59. The topological polar surface area (TPSA) is 92.7 Å². The molecule has 118 valence electrons. The molecule has 0 aliphatic heterocycles. The molecule has 0 unspecified atom stereocenters. The summed E-state index contributed by atoms with van der Waals surface area (Å²) in [6.07, 6.45) is -0.0731. The fraction of sp³-hybridized carbons (Fsp3) is 0.417. The van der Waals surface area contributed by atoms with Crippen LogP contribution in [0.5, 0.6) is 0 Å². The summed E-state index contributed by atoms with van der Waals surface area (Å²) in [6, 6.07) is 1.70. The molecule has 0 saturated carbocycles.